The molecule has 5 aliphatic rings. The number of aryl methyl sites for hydroxylation is 1. The van der Waals surface area contributed by atoms with Crippen molar-refractivity contribution in [3.63, 3.8) is 0 Å². The molecule has 1 aromatic heterocycles. The van der Waals surface area contributed by atoms with E-state index in [1.165, 1.54) is 13.0 Å². The molecule has 0 radical (unpaired) electrons. The van der Waals surface area contributed by atoms with Gasteiger partial charge in [-0.25, -0.2) is 13.6 Å². The molecule has 1 saturated heterocycles. The Kier molecular flexibility index (Phi) is 6.84. The molecule has 42 heavy (non-hydrogen) atoms. The smallest absolute Gasteiger partial charge is 0.366 e. The Morgan fingerprint density at radius 1 is 1.21 bits per heavy atom. The lowest BCUT2D eigenvalue weighted by Crippen LogP contribution is -2.68. The van der Waals surface area contributed by atoms with Crippen molar-refractivity contribution in [2.75, 3.05) is 6.61 Å². The van der Waals surface area contributed by atoms with Crippen LogP contribution >= 0.6 is 11.8 Å². The molecule has 0 spiro atoms. The first-order valence-electron chi connectivity index (χ1n) is 14.2. The number of hydrogen-bond donors (Lipinski definition) is 1. The molecule has 12 heteroatoms. The number of hydrogen-bond acceptors (Lipinski definition) is 10. The maximum atomic E-state index is 17.8. The zero-order valence-electron chi connectivity index (χ0n) is 23.7. The summed E-state index contributed by atoms with van der Waals surface area (Å²) in [5.74, 6) is -4.58. The van der Waals surface area contributed by atoms with E-state index in [-0.39, 0.29) is 41.7 Å². The van der Waals surface area contributed by atoms with Gasteiger partial charge in [0.1, 0.15) is 17.2 Å². The van der Waals surface area contributed by atoms with E-state index in [2.05, 4.69) is 5.16 Å². The maximum Gasteiger partial charge on any atom is 0.366 e. The number of aliphatic hydroxyl groups is 1. The summed E-state index contributed by atoms with van der Waals surface area (Å²) >= 11 is 0.945. The highest BCUT2D eigenvalue weighted by Gasteiger charge is 2.73. The van der Waals surface area contributed by atoms with Gasteiger partial charge in [-0.1, -0.05) is 30.8 Å². The van der Waals surface area contributed by atoms with Gasteiger partial charge in [-0.15, -0.1) is 0 Å². The fourth-order valence-electron chi connectivity index (χ4n) is 8.63. The summed E-state index contributed by atoms with van der Waals surface area (Å²) < 4.78 is 48.9. The van der Waals surface area contributed by atoms with E-state index >= 15 is 8.78 Å². The van der Waals surface area contributed by atoms with Gasteiger partial charge < -0.3 is 19.1 Å². The zero-order chi connectivity index (χ0) is 30.4. The molecule has 1 aromatic rings. The molecule has 0 unspecified atom stereocenters. The van der Waals surface area contributed by atoms with Gasteiger partial charge in [0.15, 0.2) is 22.2 Å². The number of esters is 2. The molecule has 0 bridgehead atoms. The van der Waals surface area contributed by atoms with Gasteiger partial charge in [0.05, 0.1) is 18.1 Å². The van der Waals surface area contributed by atoms with E-state index in [0.29, 0.717) is 18.6 Å². The Bertz CT molecular complexity index is 1440. The molecule has 1 N–H and O–H groups in total. The number of nitrogens with zero attached hydrogens (tertiary/aromatic N) is 1. The monoisotopic (exact) mass is 605 g/mol. The number of aliphatic hydroxyl groups excluding tert-OH is 1. The number of aromatic nitrogens is 1. The Morgan fingerprint density at radius 3 is 2.60 bits per heavy atom. The number of alkyl halides is 2. The summed E-state index contributed by atoms with van der Waals surface area (Å²) in [5, 5.41) is 14.4. The third-order valence-electron chi connectivity index (χ3n) is 10.5. The van der Waals surface area contributed by atoms with E-state index in [1.54, 1.807) is 6.92 Å². The van der Waals surface area contributed by atoms with Crippen molar-refractivity contribution >= 4 is 34.6 Å². The van der Waals surface area contributed by atoms with Crippen LogP contribution < -0.4 is 0 Å². The predicted octanol–water partition coefficient (Wildman–Crippen LogP) is 4.22. The number of carbonyl (C=O) groups excluding carboxylic acids is 4. The molecule has 6 rings (SSSR count). The van der Waals surface area contributed by atoms with Crippen LogP contribution in [0.15, 0.2) is 34.1 Å². The highest BCUT2D eigenvalue weighted by Crippen LogP contribution is 2.70. The van der Waals surface area contributed by atoms with Gasteiger partial charge in [0.2, 0.25) is 5.78 Å². The standard InChI is InChI=1S/C30H33F2NO8S/c1-13-7-15-16-9-18(31)17-10-20(34)21(40-25(36)19-8-14(2)41-33-19)11-29(17,4)30(16,32)23(35)12-28(15,3)24(13)27(38)42-22-5-6-39-26(22)37/h8,10-11,13,15-16,18,22-24,35H,5-7,9,12H2,1-4H3/t13-,15+,16-,18+,22+,23+,24+,28+,29+,30+/m1/s1. The van der Waals surface area contributed by atoms with Gasteiger partial charge in [0.25, 0.3) is 0 Å². The number of carbonyl (C=O) groups is 4. The lowest BCUT2D eigenvalue weighted by atomic mass is 9.45. The van der Waals surface area contributed by atoms with E-state index in [1.807, 2.05) is 13.8 Å². The third-order valence-corrected chi connectivity index (χ3v) is 11.7. The molecule has 0 amide bonds. The molecule has 3 saturated carbocycles. The topological polar surface area (TPSA) is 133 Å². The Hall–Kier alpha value is -2.86. The van der Waals surface area contributed by atoms with Gasteiger partial charge in [-0.2, -0.15) is 0 Å². The Balaban J connectivity index is 1.34. The summed E-state index contributed by atoms with van der Waals surface area (Å²) in [6, 6.07) is 1.32. The average molecular weight is 606 g/mol. The number of cyclic esters (lactones) is 1. The number of ketones is 1. The second-order valence-electron chi connectivity index (χ2n) is 12.9. The van der Waals surface area contributed by atoms with E-state index < -0.39 is 75.3 Å². The van der Waals surface area contributed by atoms with Gasteiger partial charge >= 0.3 is 11.9 Å². The number of halogens is 2. The molecular weight excluding hydrogens is 572 g/mol. The minimum atomic E-state index is -2.42. The number of thioether (sulfide) groups is 1. The number of ether oxygens (including phenoxy) is 2. The molecule has 9 nitrogen and oxygen atoms in total. The largest absolute Gasteiger partial charge is 0.465 e. The maximum absolute atomic E-state index is 17.8. The van der Waals surface area contributed by atoms with Crippen molar-refractivity contribution in [1.82, 2.24) is 5.16 Å². The quantitative estimate of drug-likeness (QED) is 0.498. The highest BCUT2D eigenvalue weighted by atomic mass is 32.2. The summed E-state index contributed by atoms with van der Waals surface area (Å²) in [6.45, 7) is 7.01. The third kappa shape index (κ3) is 4.07. The minimum absolute atomic E-state index is 0.0734. The first-order valence-corrected chi connectivity index (χ1v) is 15.1. The van der Waals surface area contributed by atoms with Gasteiger partial charge in [-0.05, 0) is 68.1 Å². The summed E-state index contributed by atoms with van der Waals surface area (Å²) in [6.07, 6.45) is -0.685. The lowest BCUT2D eigenvalue weighted by Gasteiger charge is -2.62. The van der Waals surface area contributed by atoms with Crippen LogP contribution in [-0.2, 0) is 23.9 Å². The van der Waals surface area contributed by atoms with Crippen molar-refractivity contribution in [3.8, 4) is 0 Å². The van der Waals surface area contributed by atoms with Crippen molar-refractivity contribution in [1.29, 1.82) is 0 Å². The van der Waals surface area contributed by atoms with Crippen LogP contribution in [-0.4, -0.2) is 62.9 Å². The van der Waals surface area contributed by atoms with Crippen LogP contribution in [0, 0.1) is 41.4 Å². The number of rotatable bonds is 4. The van der Waals surface area contributed by atoms with Crippen LogP contribution in [0.1, 0.15) is 62.7 Å². The normalized spacial score (nSPS) is 42.6. The SMILES string of the molecule is Cc1cc(C(=O)OC2=C[C@@]3(C)C(=CC2=O)[C@@H](F)C[C@@H]2[C@@H]4C[C@@H](C)[C@@H](C(=O)S[C@H]5CCOC5=O)[C@@]4(C)C[C@H](O)[C@@]23F)no1. The van der Waals surface area contributed by atoms with Crippen LogP contribution in [0.25, 0.3) is 0 Å². The minimum Gasteiger partial charge on any atom is -0.465 e. The summed E-state index contributed by atoms with van der Waals surface area (Å²) in [5.41, 5.74) is -5.38. The molecule has 226 valence electrons. The van der Waals surface area contributed by atoms with Crippen molar-refractivity contribution < 1.29 is 47.1 Å². The lowest BCUT2D eigenvalue weighted by molar-refractivity contribution is -0.201. The van der Waals surface area contributed by atoms with Crippen molar-refractivity contribution in [2.24, 2.45) is 34.5 Å². The molecular formula is C30H33F2NO8S. The van der Waals surface area contributed by atoms with Gasteiger partial charge in [-0.3, -0.25) is 14.4 Å². The fraction of sp³-hybridized carbons (Fsp3) is 0.633. The highest BCUT2D eigenvalue weighted by molar-refractivity contribution is 8.14. The van der Waals surface area contributed by atoms with Crippen LogP contribution in [0.5, 0.6) is 0 Å². The molecule has 2 heterocycles. The summed E-state index contributed by atoms with van der Waals surface area (Å²) in [7, 11) is 0. The molecule has 4 aliphatic carbocycles. The van der Waals surface area contributed by atoms with Crippen molar-refractivity contribution in [2.45, 2.75) is 76.6 Å². The van der Waals surface area contributed by atoms with E-state index in [4.69, 9.17) is 14.0 Å². The van der Waals surface area contributed by atoms with E-state index in [9.17, 15) is 24.3 Å². The Labute approximate surface area is 245 Å². The second-order valence-corrected chi connectivity index (χ2v) is 14.1. The fourth-order valence-corrected chi connectivity index (χ4v) is 9.94. The number of allylic oxidation sites excluding steroid dienone is 3. The molecule has 1 aliphatic heterocycles. The number of fused-ring (bicyclic) bond motifs is 5. The van der Waals surface area contributed by atoms with Crippen molar-refractivity contribution in [3.05, 3.63) is 41.0 Å². The van der Waals surface area contributed by atoms with Gasteiger partial charge in [0, 0.05) is 24.3 Å². The molecule has 4 fully saturated rings. The first kappa shape index (κ1) is 29.2. The summed E-state index contributed by atoms with van der Waals surface area (Å²) in [4.78, 5) is 51.2. The van der Waals surface area contributed by atoms with Crippen LogP contribution in [0.3, 0.4) is 0 Å². The Morgan fingerprint density at radius 2 is 1.95 bits per heavy atom. The second kappa shape index (κ2) is 9.83. The predicted molar refractivity (Wildman–Crippen MR) is 144 cm³/mol. The zero-order valence-corrected chi connectivity index (χ0v) is 24.5. The molecule has 0 aromatic carbocycles. The first-order chi connectivity index (χ1) is 19.7. The van der Waals surface area contributed by atoms with E-state index in [0.717, 1.165) is 23.9 Å². The van der Waals surface area contributed by atoms with Crippen LogP contribution in [0.4, 0.5) is 8.78 Å². The van der Waals surface area contributed by atoms with Crippen LogP contribution in [0.2, 0.25) is 0 Å². The molecule has 10 atom stereocenters. The average Bonchev–Trinajstić information content (AvgIpc) is 3.59.